The van der Waals surface area contributed by atoms with Crippen LogP contribution in [0.5, 0.6) is 0 Å². The summed E-state index contributed by atoms with van der Waals surface area (Å²) in [5, 5.41) is 8.80. The predicted octanol–water partition coefficient (Wildman–Crippen LogP) is 2.73. The molecule has 2 heterocycles. The number of hydrogen-bond donors (Lipinski definition) is 2. The third-order valence-electron chi connectivity index (χ3n) is 4.04. The van der Waals surface area contributed by atoms with Crippen LogP contribution in [0.1, 0.15) is 15.2 Å². The zero-order valence-electron chi connectivity index (χ0n) is 14.1. The number of nitrogens with two attached hydrogens (primary N) is 1. The number of nitrogens with zero attached hydrogens (tertiary/aromatic N) is 2. The highest BCUT2D eigenvalue weighted by molar-refractivity contribution is 7.12. The standard InChI is InChI=1S/C18H18F2N4OS/c1-24-16(4-5-22-24)12-7-17(26-10-12)18(25)23-14(9-21)6-11-2-3-13(19)8-15(11)20/h2-5,7-8,10,14H,6,9,21H2,1H3,(H,23,25)/t14-/m0/s1. The number of carbonyl (C=O) groups excluding carboxylic acids is 1. The fraction of sp³-hybridized carbons (Fsp3) is 0.222. The highest BCUT2D eigenvalue weighted by Gasteiger charge is 2.17. The Morgan fingerprint density at radius 2 is 2.15 bits per heavy atom. The van der Waals surface area contributed by atoms with Gasteiger partial charge in [-0.25, -0.2) is 8.78 Å². The quantitative estimate of drug-likeness (QED) is 0.695. The summed E-state index contributed by atoms with van der Waals surface area (Å²) in [7, 11) is 1.83. The maximum atomic E-state index is 13.8. The third kappa shape index (κ3) is 3.97. The number of amides is 1. The van der Waals surface area contributed by atoms with Crippen molar-refractivity contribution in [3.8, 4) is 11.3 Å². The number of hydrogen-bond acceptors (Lipinski definition) is 4. The van der Waals surface area contributed by atoms with Crippen LogP contribution in [-0.2, 0) is 13.5 Å². The molecule has 0 spiro atoms. The highest BCUT2D eigenvalue weighted by atomic mass is 32.1. The summed E-state index contributed by atoms with van der Waals surface area (Å²) in [5.41, 5.74) is 7.82. The van der Waals surface area contributed by atoms with E-state index in [1.807, 2.05) is 18.5 Å². The molecule has 3 rings (SSSR count). The van der Waals surface area contributed by atoms with Crippen molar-refractivity contribution < 1.29 is 13.6 Å². The maximum Gasteiger partial charge on any atom is 0.261 e. The number of aromatic nitrogens is 2. The molecule has 0 unspecified atom stereocenters. The summed E-state index contributed by atoms with van der Waals surface area (Å²) in [6, 6.07) is 6.57. The molecule has 1 atom stereocenters. The Morgan fingerprint density at radius 3 is 2.81 bits per heavy atom. The van der Waals surface area contributed by atoms with E-state index >= 15 is 0 Å². The molecular formula is C18H18F2N4OS. The summed E-state index contributed by atoms with van der Waals surface area (Å²) < 4.78 is 28.5. The van der Waals surface area contributed by atoms with Crippen LogP contribution in [0.4, 0.5) is 8.78 Å². The van der Waals surface area contributed by atoms with E-state index < -0.39 is 17.7 Å². The summed E-state index contributed by atoms with van der Waals surface area (Å²) in [6.07, 6.45) is 1.88. The van der Waals surface area contributed by atoms with Gasteiger partial charge >= 0.3 is 0 Å². The molecule has 0 bridgehead atoms. The number of carbonyl (C=O) groups is 1. The molecule has 1 amide bonds. The monoisotopic (exact) mass is 376 g/mol. The molecule has 0 aliphatic carbocycles. The van der Waals surface area contributed by atoms with Crippen molar-refractivity contribution in [1.82, 2.24) is 15.1 Å². The van der Waals surface area contributed by atoms with Crippen LogP contribution in [0.3, 0.4) is 0 Å². The van der Waals surface area contributed by atoms with Crippen LogP contribution in [0.15, 0.2) is 41.9 Å². The number of thiophene rings is 1. The average Bonchev–Trinajstić information content (AvgIpc) is 3.25. The molecule has 0 saturated heterocycles. The van der Waals surface area contributed by atoms with Gasteiger partial charge in [0.25, 0.3) is 5.91 Å². The first kappa shape index (κ1) is 18.2. The van der Waals surface area contributed by atoms with Gasteiger partial charge in [-0.15, -0.1) is 11.3 Å². The van der Waals surface area contributed by atoms with Crippen LogP contribution < -0.4 is 11.1 Å². The number of benzene rings is 1. The SMILES string of the molecule is Cn1nccc1-c1csc(C(=O)N[C@H](CN)Cc2ccc(F)cc2F)c1. The van der Waals surface area contributed by atoms with E-state index in [0.29, 0.717) is 10.4 Å². The molecule has 0 aliphatic heterocycles. The largest absolute Gasteiger partial charge is 0.347 e. The Balaban J connectivity index is 1.70. The number of halogens is 2. The summed E-state index contributed by atoms with van der Waals surface area (Å²) in [4.78, 5) is 13.0. The van der Waals surface area contributed by atoms with E-state index in [4.69, 9.17) is 5.73 Å². The van der Waals surface area contributed by atoms with Crippen LogP contribution in [0, 0.1) is 11.6 Å². The Bertz CT molecular complexity index is 922. The average molecular weight is 376 g/mol. The van der Waals surface area contributed by atoms with Crippen molar-refractivity contribution in [3.63, 3.8) is 0 Å². The lowest BCUT2D eigenvalue weighted by Gasteiger charge is -2.17. The van der Waals surface area contributed by atoms with E-state index in [0.717, 1.165) is 17.3 Å². The summed E-state index contributed by atoms with van der Waals surface area (Å²) in [6.45, 7) is 0.141. The Kier molecular flexibility index (Phi) is 5.43. The first-order chi connectivity index (χ1) is 12.5. The lowest BCUT2D eigenvalue weighted by atomic mass is 10.1. The summed E-state index contributed by atoms with van der Waals surface area (Å²) >= 11 is 1.31. The predicted molar refractivity (Wildman–Crippen MR) is 96.9 cm³/mol. The van der Waals surface area contributed by atoms with E-state index in [9.17, 15) is 13.6 Å². The number of aryl methyl sites for hydroxylation is 1. The zero-order chi connectivity index (χ0) is 18.7. The van der Waals surface area contributed by atoms with Gasteiger partial charge in [-0.3, -0.25) is 9.48 Å². The second kappa shape index (κ2) is 7.76. The topological polar surface area (TPSA) is 72.9 Å². The van der Waals surface area contributed by atoms with Gasteiger partial charge in [-0.05, 0) is 30.2 Å². The molecule has 1 aromatic carbocycles. The molecule has 2 aromatic heterocycles. The van der Waals surface area contributed by atoms with E-state index in [-0.39, 0.29) is 18.9 Å². The fourth-order valence-electron chi connectivity index (χ4n) is 2.65. The van der Waals surface area contributed by atoms with E-state index in [1.165, 1.54) is 23.5 Å². The van der Waals surface area contributed by atoms with Crippen LogP contribution >= 0.6 is 11.3 Å². The van der Waals surface area contributed by atoms with Crippen molar-refractivity contribution in [3.05, 3.63) is 64.0 Å². The second-order valence-electron chi connectivity index (χ2n) is 5.89. The van der Waals surface area contributed by atoms with Gasteiger partial charge in [0.1, 0.15) is 11.6 Å². The molecule has 8 heteroatoms. The van der Waals surface area contributed by atoms with E-state index in [1.54, 1.807) is 16.9 Å². The molecule has 26 heavy (non-hydrogen) atoms. The minimum atomic E-state index is -0.646. The smallest absolute Gasteiger partial charge is 0.261 e. The van der Waals surface area contributed by atoms with Crippen LogP contribution in [-0.4, -0.2) is 28.3 Å². The molecule has 0 aliphatic rings. The van der Waals surface area contributed by atoms with Gasteiger partial charge in [0.2, 0.25) is 0 Å². The zero-order valence-corrected chi connectivity index (χ0v) is 14.9. The van der Waals surface area contributed by atoms with Crippen molar-refractivity contribution in [2.75, 3.05) is 6.54 Å². The Morgan fingerprint density at radius 1 is 1.35 bits per heavy atom. The van der Waals surface area contributed by atoms with Gasteiger partial charge in [0.05, 0.1) is 10.6 Å². The van der Waals surface area contributed by atoms with E-state index in [2.05, 4.69) is 10.4 Å². The fourth-order valence-corrected chi connectivity index (χ4v) is 3.45. The Labute approximate surface area is 153 Å². The molecule has 5 nitrogen and oxygen atoms in total. The molecule has 0 radical (unpaired) electrons. The molecule has 136 valence electrons. The minimum Gasteiger partial charge on any atom is -0.347 e. The number of nitrogens with one attached hydrogen (secondary N) is 1. The summed E-state index contributed by atoms with van der Waals surface area (Å²) in [5.74, 6) is -1.56. The molecular weight excluding hydrogens is 358 g/mol. The van der Waals surface area contributed by atoms with Gasteiger partial charge in [0, 0.05) is 42.8 Å². The van der Waals surface area contributed by atoms with Crippen molar-refractivity contribution >= 4 is 17.2 Å². The van der Waals surface area contributed by atoms with Gasteiger partial charge < -0.3 is 11.1 Å². The minimum absolute atomic E-state index is 0.141. The van der Waals surface area contributed by atoms with Crippen molar-refractivity contribution in [2.45, 2.75) is 12.5 Å². The molecule has 3 N–H and O–H groups in total. The van der Waals surface area contributed by atoms with Gasteiger partial charge in [-0.2, -0.15) is 5.10 Å². The highest BCUT2D eigenvalue weighted by Crippen LogP contribution is 2.25. The molecule has 0 saturated carbocycles. The second-order valence-corrected chi connectivity index (χ2v) is 6.80. The Hall–Kier alpha value is -2.58. The molecule has 0 fully saturated rings. The van der Waals surface area contributed by atoms with Crippen LogP contribution in [0.2, 0.25) is 0 Å². The van der Waals surface area contributed by atoms with Crippen molar-refractivity contribution in [1.29, 1.82) is 0 Å². The maximum absolute atomic E-state index is 13.8. The normalized spacial score (nSPS) is 12.2. The number of rotatable bonds is 6. The lowest BCUT2D eigenvalue weighted by molar-refractivity contribution is 0.0942. The van der Waals surface area contributed by atoms with Crippen molar-refractivity contribution in [2.24, 2.45) is 12.8 Å². The first-order valence-corrected chi connectivity index (χ1v) is 8.87. The third-order valence-corrected chi connectivity index (χ3v) is 4.97. The van der Waals surface area contributed by atoms with Gasteiger partial charge in [-0.1, -0.05) is 6.07 Å². The lowest BCUT2D eigenvalue weighted by Crippen LogP contribution is -2.41. The van der Waals surface area contributed by atoms with Gasteiger partial charge in [0.15, 0.2) is 0 Å². The van der Waals surface area contributed by atoms with Crippen LogP contribution in [0.25, 0.3) is 11.3 Å². The first-order valence-electron chi connectivity index (χ1n) is 7.99. The molecule has 3 aromatic rings.